The van der Waals surface area contributed by atoms with E-state index in [2.05, 4.69) is 6.92 Å². The molecule has 2 fully saturated rings. The highest BCUT2D eigenvalue weighted by atomic mass is 19.4. The largest absolute Gasteiger partial charge is 0.491 e. The normalized spacial score (nSPS) is 33.4. The maximum atomic E-state index is 13.9. The van der Waals surface area contributed by atoms with Crippen LogP contribution in [0.15, 0.2) is 12.1 Å². The third-order valence-corrected chi connectivity index (χ3v) is 9.00. The van der Waals surface area contributed by atoms with Gasteiger partial charge in [0, 0.05) is 13.7 Å². The lowest BCUT2D eigenvalue weighted by atomic mass is 9.53. The Labute approximate surface area is 194 Å². The Kier molecular flexibility index (Phi) is 7.05. The van der Waals surface area contributed by atoms with Crippen LogP contribution >= 0.6 is 0 Å². The van der Waals surface area contributed by atoms with Crippen LogP contribution in [0.2, 0.25) is 0 Å². The molecule has 186 valence electrons. The van der Waals surface area contributed by atoms with E-state index in [0.29, 0.717) is 24.7 Å². The van der Waals surface area contributed by atoms with Gasteiger partial charge in [-0.2, -0.15) is 13.2 Å². The molecule has 1 unspecified atom stereocenters. The molecule has 1 aromatic carbocycles. The summed E-state index contributed by atoms with van der Waals surface area (Å²) in [6.07, 6.45) is 2.67. The molecule has 33 heavy (non-hydrogen) atoms. The zero-order chi connectivity index (χ0) is 23.9. The van der Waals surface area contributed by atoms with Gasteiger partial charge in [0.05, 0.1) is 17.8 Å². The molecular formula is C26H37F3O4. The molecule has 2 N–H and O–H groups in total. The quantitative estimate of drug-likeness (QED) is 0.494. The van der Waals surface area contributed by atoms with Crippen LogP contribution in [0.1, 0.15) is 80.9 Å². The van der Waals surface area contributed by atoms with Crippen molar-refractivity contribution in [3.05, 3.63) is 28.8 Å². The van der Waals surface area contributed by atoms with E-state index < -0.39 is 17.3 Å². The fourth-order valence-corrected chi connectivity index (χ4v) is 7.22. The minimum atomic E-state index is -4.48. The molecule has 0 amide bonds. The summed E-state index contributed by atoms with van der Waals surface area (Å²) in [5.74, 6) is 0.609. The molecule has 0 radical (unpaired) electrons. The molecule has 4 rings (SSSR count). The molecule has 3 aliphatic carbocycles. The van der Waals surface area contributed by atoms with Gasteiger partial charge in [-0.05, 0) is 104 Å². The first-order valence-corrected chi connectivity index (χ1v) is 12.3. The number of aliphatic hydroxyl groups excluding tert-OH is 1. The second kappa shape index (κ2) is 9.38. The Morgan fingerprint density at radius 2 is 1.88 bits per heavy atom. The fraction of sp³-hybridized carbons (Fsp3) is 0.769. The molecule has 4 nitrogen and oxygen atoms in total. The van der Waals surface area contributed by atoms with Gasteiger partial charge in [-0.15, -0.1) is 0 Å². The van der Waals surface area contributed by atoms with Gasteiger partial charge in [-0.25, -0.2) is 0 Å². The molecule has 0 saturated heterocycles. The van der Waals surface area contributed by atoms with E-state index >= 15 is 0 Å². The lowest BCUT2D eigenvalue weighted by molar-refractivity contribution is -0.139. The number of ether oxygens (including phenoxy) is 2. The van der Waals surface area contributed by atoms with E-state index in [9.17, 15) is 18.3 Å². The van der Waals surface area contributed by atoms with Crippen LogP contribution in [0.3, 0.4) is 0 Å². The van der Waals surface area contributed by atoms with Crippen LogP contribution < -0.4 is 4.74 Å². The molecule has 0 aliphatic heterocycles. The summed E-state index contributed by atoms with van der Waals surface area (Å²) >= 11 is 0. The van der Waals surface area contributed by atoms with E-state index in [-0.39, 0.29) is 36.9 Å². The Balaban J connectivity index is 1.61. The summed E-state index contributed by atoms with van der Waals surface area (Å²) in [6.45, 7) is 2.65. The topological polar surface area (TPSA) is 58.9 Å². The molecule has 1 aromatic rings. The van der Waals surface area contributed by atoms with E-state index in [1.807, 2.05) is 0 Å². The van der Waals surface area contributed by atoms with E-state index in [1.54, 1.807) is 6.07 Å². The van der Waals surface area contributed by atoms with Gasteiger partial charge in [0.25, 0.3) is 0 Å². The summed E-state index contributed by atoms with van der Waals surface area (Å²) in [5.41, 5.74) is 0.149. The summed E-state index contributed by atoms with van der Waals surface area (Å²) in [5, 5.41) is 20.7. The van der Waals surface area contributed by atoms with Crippen molar-refractivity contribution in [1.82, 2.24) is 0 Å². The van der Waals surface area contributed by atoms with Crippen LogP contribution in [-0.2, 0) is 17.3 Å². The first-order valence-electron chi connectivity index (χ1n) is 12.3. The second-order valence-corrected chi connectivity index (χ2v) is 10.5. The standard InChI is InChI=1S/C26H37F3O4/c1-24-10-7-18-19(21(24)8-11-25(24,31)9-3-4-12-30)6-5-17-15-23(33-14-13-32-2)22(16-20(17)18)26(27,28)29/h15-16,18-19,21,30-31H,3-14H2,1-2H3/t18-,19+,21-,24-,25?/m0/s1. The van der Waals surface area contributed by atoms with Crippen molar-refractivity contribution in [2.45, 2.75) is 82.4 Å². The molecule has 0 heterocycles. The molecule has 0 aromatic heterocycles. The zero-order valence-electron chi connectivity index (χ0n) is 19.7. The summed E-state index contributed by atoms with van der Waals surface area (Å²) in [4.78, 5) is 0. The third-order valence-electron chi connectivity index (χ3n) is 9.00. The number of benzene rings is 1. The highest BCUT2D eigenvalue weighted by molar-refractivity contribution is 5.47. The lowest BCUT2D eigenvalue weighted by Crippen LogP contribution is -2.50. The van der Waals surface area contributed by atoms with Gasteiger partial charge in [0.15, 0.2) is 0 Å². The number of unbranched alkanes of at least 4 members (excludes halogenated alkanes) is 1. The number of methoxy groups -OCH3 is 1. The Bertz CT molecular complexity index is 842. The number of aliphatic hydroxyl groups is 2. The minimum absolute atomic E-state index is 0.0830. The Morgan fingerprint density at radius 3 is 2.58 bits per heavy atom. The average Bonchev–Trinajstić information content (AvgIpc) is 3.03. The summed E-state index contributed by atoms with van der Waals surface area (Å²) in [7, 11) is 1.49. The fourth-order valence-electron chi connectivity index (χ4n) is 7.22. The predicted molar refractivity (Wildman–Crippen MR) is 119 cm³/mol. The smallest absolute Gasteiger partial charge is 0.419 e. The SMILES string of the molecule is COCCOc1cc2c(cc1C(F)(F)F)[C@H]1CC[C@@]3(C)[C@@H](CCC3(O)CCCCO)[C@@H]1CC2. The average molecular weight is 471 g/mol. The number of rotatable bonds is 8. The van der Waals surface area contributed by atoms with Crippen LogP contribution in [-0.4, -0.2) is 42.7 Å². The van der Waals surface area contributed by atoms with E-state index in [1.165, 1.54) is 13.2 Å². The van der Waals surface area contributed by atoms with E-state index in [4.69, 9.17) is 14.6 Å². The lowest BCUT2D eigenvalue weighted by Gasteiger charge is -2.53. The second-order valence-electron chi connectivity index (χ2n) is 10.5. The molecule has 0 spiro atoms. The van der Waals surface area contributed by atoms with Gasteiger partial charge in [0.2, 0.25) is 0 Å². The maximum Gasteiger partial charge on any atom is 0.419 e. The number of halogens is 3. The molecule has 0 bridgehead atoms. The van der Waals surface area contributed by atoms with Crippen LogP contribution in [0, 0.1) is 17.3 Å². The number of aryl methyl sites for hydroxylation is 1. The number of alkyl halides is 3. The summed E-state index contributed by atoms with van der Waals surface area (Å²) in [6, 6.07) is 2.96. The first kappa shape index (κ1) is 24.8. The van der Waals surface area contributed by atoms with Crippen molar-refractivity contribution in [1.29, 1.82) is 0 Å². The van der Waals surface area contributed by atoms with Crippen molar-refractivity contribution >= 4 is 0 Å². The van der Waals surface area contributed by atoms with E-state index in [0.717, 1.165) is 56.1 Å². The Morgan fingerprint density at radius 1 is 1.09 bits per heavy atom. The number of hydrogen-bond donors (Lipinski definition) is 2. The van der Waals surface area contributed by atoms with Crippen LogP contribution in [0.4, 0.5) is 13.2 Å². The molecule has 5 atom stereocenters. The number of hydrogen-bond acceptors (Lipinski definition) is 4. The zero-order valence-corrected chi connectivity index (χ0v) is 19.7. The molecule has 2 saturated carbocycles. The van der Waals surface area contributed by atoms with Crippen LogP contribution in [0.25, 0.3) is 0 Å². The van der Waals surface area contributed by atoms with Crippen LogP contribution in [0.5, 0.6) is 5.75 Å². The van der Waals surface area contributed by atoms with Gasteiger partial charge < -0.3 is 19.7 Å². The Hall–Kier alpha value is -1.31. The highest BCUT2D eigenvalue weighted by Gasteiger charge is 2.61. The van der Waals surface area contributed by atoms with Gasteiger partial charge in [-0.3, -0.25) is 0 Å². The van der Waals surface area contributed by atoms with Crippen molar-refractivity contribution in [2.75, 3.05) is 26.9 Å². The molecule has 3 aliphatic rings. The van der Waals surface area contributed by atoms with Gasteiger partial charge >= 0.3 is 6.18 Å². The molecule has 7 heteroatoms. The summed E-state index contributed by atoms with van der Waals surface area (Å²) < 4.78 is 52.1. The first-order chi connectivity index (χ1) is 15.6. The van der Waals surface area contributed by atoms with Crippen molar-refractivity contribution in [2.24, 2.45) is 17.3 Å². The molecular weight excluding hydrogens is 433 g/mol. The minimum Gasteiger partial charge on any atom is -0.491 e. The number of fused-ring (bicyclic) bond motifs is 5. The highest BCUT2D eigenvalue weighted by Crippen LogP contribution is 2.65. The monoisotopic (exact) mass is 470 g/mol. The predicted octanol–water partition coefficient (Wildman–Crippen LogP) is 5.48. The van der Waals surface area contributed by atoms with Crippen molar-refractivity contribution in [3.63, 3.8) is 0 Å². The van der Waals surface area contributed by atoms with Crippen molar-refractivity contribution < 1.29 is 32.9 Å². The van der Waals surface area contributed by atoms with Crippen molar-refractivity contribution in [3.8, 4) is 5.75 Å². The third kappa shape index (κ3) is 4.41. The maximum absolute atomic E-state index is 13.9. The van der Waals surface area contributed by atoms with Gasteiger partial charge in [-0.1, -0.05) is 6.92 Å². The van der Waals surface area contributed by atoms with Gasteiger partial charge in [0.1, 0.15) is 12.4 Å².